The minimum Gasteiger partial charge on any atom is -0.383 e. The van der Waals surface area contributed by atoms with Gasteiger partial charge in [-0.2, -0.15) is 5.26 Å². The van der Waals surface area contributed by atoms with Gasteiger partial charge in [0, 0.05) is 41.4 Å². The fourth-order valence-corrected chi connectivity index (χ4v) is 6.01. The second-order valence-electron chi connectivity index (χ2n) is 8.89. The minimum absolute atomic E-state index is 0.116. The van der Waals surface area contributed by atoms with Crippen molar-refractivity contribution in [3.63, 3.8) is 0 Å². The minimum atomic E-state index is -0.396. The lowest BCUT2D eigenvalue weighted by Crippen LogP contribution is -2.47. The van der Waals surface area contributed by atoms with Gasteiger partial charge in [0.05, 0.1) is 17.6 Å². The third kappa shape index (κ3) is 2.97. The van der Waals surface area contributed by atoms with Gasteiger partial charge in [0.25, 0.3) is 0 Å². The predicted octanol–water partition coefficient (Wildman–Crippen LogP) is 4.42. The Kier molecular flexibility index (Phi) is 4.56. The Morgan fingerprint density at radius 2 is 1.97 bits per heavy atom. The molecule has 2 aliphatic rings. The topological polar surface area (TPSA) is 73.4 Å². The van der Waals surface area contributed by atoms with Gasteiger partial charge in [0.1, 0.15) is 5.82 Å². The van der Waals surface area contributed by atoms with Crippen LogP contribution in [0.25, 0.3) is 10.1 Å². The monoisotopic (exact) mass is 406 g/mol. The van der Waals surface area contributed by atoms with E-state index in [1.54, 1.807) is 11.3 Å². The van der Waals surface area contributed by atoms with Crippen LogP contribution in [-0.4, -0.2) is 29.9 Å². The first-order valence-corrected chi connectivity index (χ1v) is 10.6. The molecule has 1 atom stereocenters. The molecule has 0 unspecified atom stereocenters. The number of Topliss-reactive ketones (excluding diaryl/α,β-unsaturated/α-hetero) is 1. The molecular formula is C23H26N4OS. The number of carbonyl (C=O) groups excluding carboxylic acids is 1. The number of nitrogens with zero attached hydrogens (tertiary/aromatic N) is 3. The smallest absolute Gasteiger partial charge is 0.162 e. The van der Waals surface area contributed by atoms with Crippen LogP contribution in [0.2, 0.25) is 0 Å². The standard InChI is InChI=1S/C23H26N4OS/c1-13-14-8-6-7-9-18(14)29-21(13)19-15(12-24)22(25)27(26(4)5)16-10-23(2,3)11-17(28)20(16)19/h6-9,19H,10-11,25H2,1-5H3/t19-/m0/s1. The lowest BCUT2D eigenvalue weighted by Gasteiger charge is -2.45. The first kappa shape index (κ1) is 19.7. The van der Waals surface area contributed by atoms with Gasteiger partial charge in [0.15, 0.2) is 5.78 Å². The van der Waals surface area contributed by atoms with E-state index in [9.17, 15) is 10.1 Å². The van der Waals surface area contributed by atoms with Crippen molar-refractivity contribution in [1.82, 2.24) is 10.0 Å². The summed E-state index contributed by atoms with van der Waals surface area (Å²) >= 11 is 1.66. The van der Waals surface area contributed by atoms with Crippen LogP contribution in [0.15, 0.2) is 46.9 Å². The number of allylic oxidation sites excluding steroid dienone is 3. The van der Waals surface area contributed by atoms with Gasteiger partial charge in [-0.05, 0) is 35.8 Å². The normalized spacial score (nSPS) is 21.8. The number of rotatable bonds is 2. The summed E-state index contributed by atoms with van der Waals surface area (Å²) in [5.41, 5.74) is 9.65. The summed E-state index contributed by atoms with van der Waals surface area (Å²) in [7, 11) is 3.78. The number of hydrogen-bond acceptors (Lipinski definition) is 6. The Balaban J connectivity index is 2.03. The predicted molar refractivity (Wildman–Crippen MR) is 117 cm³/mol. The number of hydrazine groups is 1. The summed E-state index contributed by atoms with van der Waals surface area (Å²) in [5.74, 6) is 0.140. The van der Waals surface area contributed by atoms with Crippen molar-refractivity contribution >= 4 is 27.2 Å². The van der Waals surface area contributed by atoms with Crippen LogP contribution in [0.1, 0.15) is 43.0 Å². The van der Waals surface area contributed by atoms with Crippen LogP contribution in [-0.2, 0) is 4.79 Å². The van der Waals surface area contributed by atoms with Crippen LogP contribution in [0.4, 0.5) is 0 Å². The van der Waals surface area contributed by atoms with Gasteiger partial charge >= 0.3 is 0 Å². The molecule has 0 bridgehead atoms. The highest BCUT2D eigenvalue weighted by atomic mass is 32.1. The van der Waals surface area contributed by atoms with E-state index in [2.05, 4.69) is 39.0 Å². The van der Waals surface area contributed by atoms with Crippen LogP contribution in [0, 0.1) is 23.7 Å². The fourth-order valence-electron chi connectivity index (χ4n) is 4.68. The van der Waals surface area contributed by atoms with E-state index in [0.717, 1.165) is 32.8 Å². The Bertz CT molecular complexity index is 1130. The van der Waals surface area contributed by atoms with Gasteiger partial charge in [-0.3, -0.25) is 9.80 Å². The second kappa shape index (κ2) is 6.72. The Labute approximate surface area is 175 Å². The van der Waals surface area contributed by atoms with Gasteiger partial charge < -0.3 is 5.73 Å². The van der Waals surface area contributed by atoms with Crippen molar-refractivity contribution in [1.29, 1.82) is 5.26 Å². The number of nitrogens with two attached hydrogens (primary N) is 1. The molecule has 2 aromatic rings. The first-order valence-electron chi connectivity index (χ1n) is 9.77. The molecule has 2 N–H and O–H groups in total. The van der Waals surface area contributed by atoms with E-state index in [4.69, 9.17) is 5.73 Å². The molecule has 0 amide bonds. The van der Waals surface area contributed by atoms with E-state index in [1.165, 1.54) is 5.39 Å². The molecule has 1 aromatic heterocycles. The van der Waals surface area contributed by atoms with Crippen LogP contribution >= 0.6 is 11.3 Å². The molecule has 0 saturated heterocycles. The zero-order valence-electron chi connectivity index (χ0n) is 17.5. The summed E-state index contributed by atoms with van der Waals surface area (Å²) < 4.78 is 1.16. The molecule has 1 aliphatic heterocycles. The number of ketones is 1. The highest BCUT2D eigenvalue weighted by Crippen LogP contribution is 2.51. The van der Waals surface area contributed by atoms with E-state index in [1.807, 2.05) is 36.2 Å². The van der Waals surface area contributed by atoms with Crippen LogP contribution in [0.3, 0.4) is 0 Å². The average molecular weight is 407 g/mol. The summed E-state index contributed by atoms with van der Waals surface area (Å²) in [6.07, 6.45) is 1.22. The van der Waals surface area contributed by atoms with Crippen molar-refractivity contribution in [3.8, 4) is 6.07 Å². The molecule has 0 spiro atoms. The Morgan fingerprint density at radius 1 is 1.28 bits per heavy atom. The quantitative estimate of drug-likeness (QED) is 0.799. The number of thiophene rings is 1. The zero-order chi connectivity index (χ0) is 21.1. The van der Waals surface area contributed by atoms with Crippen LogP contribution < -0.4 is 5.73 Å². The number of aryl methyl sites for hydroxylation is 1. The maximum Gasteiger partial charge on any atom is 0.162 e. The molecule has 0 saturated carbocycles. The molecule has 1 aliphatic carbocycles. The van der Waals surface area contributed by atoms with E-state index < -0.39 is 5.92 Å². The zero-order valence-corrected chi connectivity index (χ0v) is 18.4. The molecular weight excluding hydrogens is 380 g/mol. The van der Waals surface area contributed by atoms with Crippen LogP contribution in [0.5, 0.6) is 0 Å². The van der Waals surface area contributed by atoms with E-state index in [-0.39, 0.29) is 11.2 Å². The number of carbonyl (C=O) groups is 1. The summed E-state index contributed by atoms with van der Waals surface area (Å²) in [6, 6.07) is 10.6. The third-order valence-electron chi connectivity index (χ3n) is 5.90. The SMILES string of the molecule is Cc1c([C@H]2C(C#N)=C(N)N(N(C)C)C3=C2C(=O)CC(C)(C)C3)sc2ccccc12. The lowest BCUT2D eigenvalue weighted by atomic mass is 9.70. The Morgan fingerprint density at radius 3 is 2.59 bits per heavy atom. The Hall–Kier alpha value is -2.62. The summed E-state index contributed by atoms with van der Waals surface area (Å²) in [4.78, 5) is 14.5. The van der Waals surface area contributed by atoms with Crippen molar-refractivity contribution in [2.45, 2.75) is 39.5 Å². The fraction of sp³-hybridized carbons (Fsp3) is 0.391. The lowest BCUT2D eigenvalue weighted by molar-refractivity contribution is -0.119. The van der Waals surface area contributed by atoms with Gasteiger partial charge in [-0.25, -0.2) is 5.01 Å². The number of fused-ring (bicyclic) bond motifs is 1. The molecule has 5 nitrogen and oxygen atoms in total. The van der Waals surface area contributed by atoms with Gasteiger partial charge in [0.2, 0.25) is 0 Å². The highest BCUT2D eigenvalue weighted by molar-refractivity contribution is 7.19. The van der Waals surface area contributed by atoms with Gasteiger partial charge in [-0.1, -0.05) is 32.0 Å². The van der Waals surface area contributed by atoms with Crippen molar-refractivity contribution in [3.05, 3.63) is 57.4 Å². The molecule has 2 heterocycles. The largest absolute Gasteiger partial charge is 0.383 e. The maximum absolute atomic E-state index is 13.4. The third-order valence-corrected chi connectivity index (χ3v) is 7.23. The maximum atomic E-state index is 13.4. The molecule has 0 radical (unpaired) electrons. The molecule has 29 heavy (non-hydrogen) atoms. The average Bonchev–Trinajstić information content (AvgIpc) is 2.96. The van der Waals surface area contributed by atoms with Crippen molar-refractivity contribution in [2.24, 2.45) is 11.1 Å². The number of hydrogen-bond donors (Lipinski definition) is 1. The van der Waals surface area contributed by atoms with Crippen molar-refractivity contribution < 1.29 is 4.79 Å². The first-order chi connectivity index (χ1) is 13.7. The highest BCUT2D eigenvalue weighted by Gasteiger charge is 2.45. The number of benzene rings is 1. The molecule has 150 valence electrons. The van der Waals surface area contributed by atoms with E-state index in [0.29, 0.717) is 17.8 Å². The molecule has 6 heteroatoms. The second-order valence-corrected chi connectivity index (χ2v) is 9.98. The molecule has 4 rings (SSSR count). The molecule has 0 fully saturated rings. The molecule has 1 aromatic carbocycles. The van der Waals surface area contributed by atoms with Gasteiger partial charge in [-0.15, -0.1) is 11.3 Å². The van der Waals surface area contributed by atoms with E-state index >= 15 is 0 Å². The summed E-state index contributed by atoms with van der Waals surface area (Å²) in [6.45, 7) is 6.30. The number of nitriles is 1. The summed E-state index contributed by atoms with van der Waals surface area (Å²) in [5, 5.41) is 15.0. The van der Waals surface area contributed by atoms with Crippen molar-refractivity contribution in [2.75, 3.05) is 14.1 Å².